The SMILES string of the molecule is CCOC(=O)C([13CH3])=O. The van der Waals surface area contributed by atoms with Crippen LogP contribution in [0.3, 0.4) is 0 Å². The van der Waals surface area contributed by atoms with Crippen molar-refractivity contribution in [1.29, 1.82) is 0 Å². The number of hydrogen-bond donors (Lipinski definition) is 0. The summed E-state index contributed by atoms with van der Waals surface area (Å²) in [5.74, 6) is -1.31. The minimum Gasteiger partial charge on any atom is -0.460 e. The van der Waals surface area contributed by atoms with E-state index < -0.39 is 11.8 Å². The highest BCUT2D eigenvalue weighted by atomic mass is 16.5. The first-order valence-corrected chi connectivity index (χ1v) is 2.36. The van der Waals surface area contributed by atoms with Crippen LogP contribution < -0.4 is 0 Å². The van der Waals surface area contributed by atoms with Crippen LogP contribution in [0.1, 0.15) is 13.8 Å². The summed E-state index contributed by atoms with van der Waals surface area (Å²) in [6, 6.07) is 0. The maximum absolute atomic E-state index is 10.2. The first kappa shape index (κ1) is 7.14. The summed E-state index contributed by atoms with van der Waals surface area (Å²) in [6.45, 7) is 3.09. The van der Waals surface area contributed by atoms with Gasteiger partial charge < -0.3 is 4.74 Å². The first-order chi connectivity index (χ1) is 3.68. The van der Waals surface area contributed by atoms with E-state index in [0.717, 1.165) is 0 Å². The molecule has 8 heavy (non-hydrogen) atoms. The van der Waals surface area contributed by atoms with E-state index in [0.29, 0.717) is 0 Å². The number of ether oxygens (including phenoxy) is 1. The molecule has 0 fully saturated rings. The van der Waals surface area contributed by atoms with Gasteiger partial charge in [0.2, 0.25) is 5.78 Å². The summed E-state index contributed by atoms with van der Waals surface area (Å²) in [7, 11) is 0. The van der Waals surface area contributed by atoms with Crippen molar-refractivity contribution in [3.8, 4) is 0 Å². The number of carbonyl (C=O) groups excluding carboxylic acids is 2. The van der Waals surface area contributed by atoms with Gasteiger partial charge in [0, 0.05) is 6.92 Å². The summed E-state index contributed by atoms with van der Waals surface area (Å²) in [5.41, 5.74) is 0. The highest BCUT2D eigenvalue weighted by molar-refractivity contribution is 6.32. The topological polar surface area (TPSA) is 43.4 Å². The molecule has 0 amide bonds. The minimum absolute atomic E-state index is 0.262. The number of carbonyl (C=O) groups is 2. The van der Waals surface area contributed by atoms with Crippen molar-refractivity contribution in [2.45, 2.75) is 13.8 Å². The van der Waals surface area contributed by atoms with E-state index in [4.69, 9.17) is 0 Å². The van der Waals surface area contributed by atoms with Crippen LogP contribution in [0.5, 0.6) is 0 Å². The van der Waals surface area contributed by atoms with Gasteiger partial charge in [-0.25, -0.2) is 4.79 Å². The Morgan fingerprint density at radius 3 is 2.12 bits per heavy atom. The van der Waals surface area contributed by atoms with Gasteiger partial charge in [0.05, 0.1) is 6.61 Å². The van der Waals surface area contributed by atoms with E-state index in [1.54, 1.807) is 6.92 Å². The van der Waals surface area contributed by atoms with Gasteiger partial charge >= 0.3 is 5.97 Å². The lowest BCUT2D eigenvalue weighted by atomic mass is 10.6. The summed E-state index contributed by atoms with van der Waals surface area (Å²) in [5, 5.41) is 0. The van der Waals surface area contributed by atoms with Crippen LogP contribution in [0.4, 0.5) is 0 Å². The Morgan fingerprint density at radius 1 is 1.50 bits per heavy atom. The Kier molecular flexibility index (Phi) is 2.84. The van der Waals surface area contributed by atoms with Crippen LogP contribution in [-0.4, -0.2) is 18.4 Å². The zero-order valence-corrected chi connectivity index (χ0v) is 4.93. The molecule has 0 bridgehead atoms. The Bertz CT molecular complexity index is 106. The largest absolute Gasteiger partial charge is 0.460 e. The lowest BCUT2D eigenvalue weighted by Gasteiger charge is -1.93. The Balaban J connectivity index is 3.49. The average Bonchev–Trinajstić information content (AvgIpc) is 1.67. The standard InChI is InChI=1S/C5H8O3/c1-3-8-5(7)4(2)6/h3H2,1-2H3/i2+1. The van der Waals surface area contributed by atoms with E-state index in [1.807, 2.05) is 0 Å². The third-order valence-corrected chi connectivity index (χ3v) is 0.563. The molecule has 46 valence electrons. The smallest absolute Gasteiger partial charge is 0.374 e. The van der Waals surface area contributed by atoms with Gasteiger partial charge in [-0.2, -0.15) is 0 Å². The van der Waals surface area contributed by atoms with Gasteiger partial charge in [0.15, 0.2) is 0 Å². The van der Waals surface area contributed by atoms with Crippen molar-refractivity contribution in [1.82, 2.24) is 0 Å². The first-order valence-electron chi connectivity index (χ1n) is 2.36. The Morgan fingerprint density at radius 2 is 2.00 bits per heavy atom. The van der Waals surface area contributed by atoms with Crippen LogP contribution in [0.15, 0.2) is 0 Å². The second-order valence-electron chi connectivity index (χ2n) is 1.28. The predicted octanol–water partition coefficient (Wildman–Crippen LogP) is 0.139. The van der Waals surface area contributed by atoms with Crippen molar-refractivity contribution in [3.63, 3.8) is 0 Å². The number of rotatable bonds is 2. The number of Topliss-reactive ketones (excluding diaryl/α,β-unsaturated/α-hetero) is 1. The van der Waals surface area contributed by atoms with Gasteiger partial charge in [-0.05, 0) is 6.92 Å². The molecule has 0 saturated heterocycles. The molecule has 0 heterocycles. The van der Waals surface area contributed by atoms with Crippen molar-refractivity contribution < 1.29 is 14.3 Å². The molecular weight excluding hydrogens is 109 g/mol. The second kappa shape index (κ2) is 3.18. The van der Waals surface area contributed by atoms with E-state index in [2.05, 4.69) is 4.74 Å². The molecule has 0 aliphatic rings. The minimum atomic E-state index is -0.757. The molecule has 0 spiro atoms. The highest BCUT2D eigenvalue weighted by Gasteiger charge is 2.05. The van der Waals surface area contributed by atoms with Crippen LogP contribution in [0.2, 0.25) is 0 Å². The molecule has 0 atom stereocenters. The van der Waals surface area contributed by atoms with E-state index in [9.17, 15) is 9.59 Å². The van der Waals surface area contributed by atoms with Gasteiger partial charge in [0.25, 0.3) is 0 Å². The third kappa shape index (κ3) is 2.34. The van der Waals surface area contributed by atoms with E-state index >= 15 is 0 Å². The molecule has 0 aromatic carbocycles. The molecule has 0 N–H and O–H groups in total. The fraction of sp³-hybridized carbons (Fsp3) is 0.600. The van der Waals surface area contributed by atoms with E-state index in [-0.39, 0.29) is 6.61 Å². The monoisotopic (exact) mass is 117 g/mol. The third-order valence-electron chi connectivity index (χ3n) is 0.563. The zero-order chi connectivity index (χ0) is 6.57. The summed E-state index contributed by atoms with van der Waals surface area (Å²) < 4.78 is 4.31. The molecule has 0 saturated carbocycles. The quantitative estimate of drug-likeness (QED) is 0.293. The van der Waals surface area contributed by atoms with Crippen LogP contribution in [0.25, 0.3) is 0 Å². The van der Waals surface area contributed by atoms with Crippen LogP contribution in [-0.2, 0) is 14.3 Å². The normalized spacial score (nSPS) is 8.25. The lowest BCUT2D eigenvalue weighted by molar-refractivity contribution is -0.152. The fourth-order valence-corrected chi connectivity index (χ4v) is 0.233. The Hall–Kier alpha value is -0.860. The summed E-state index contributed by atoms with van der Waals surface area (Å²) in [4.78, 5) is 20.2. The summed E-state index contributed by atoms with van der Waals surface area (Å²) in [6.07, 6.45) is 0. The fourth-order valence-electron chi connectivity index (χ4n) is 0.233. The molecule has 0 unspecified atom stereocenters. The highest BCUT2D eigenvalue weighted by Crippen LogP contribution is 1.77. The number of esters is 1. The second-order valence-corrected chi connectivity index (χ2v) is 1.28. The van der Waals surface area contributed by atoms with Gasteiger partial charge in [0.1, 0.15) is 0 Å². The van der Waals surface area contributed by atoms with Gasteiger partial charge in [-0.1, -0.05) is 0 Å². The molecule has 3 heteroatoms. The van der Waals surface area contributed by atoms with Crippen molar-refractivity contribution in [2.75, 3.05) is 6.61 Å². The maximum atomic E-state index is 10.2. The van der Waals surface area contributed by atoms with Gasteiger partial charge in [-0.15, -0.1) is 0 Å². The van der Waals surface area contributed by atoms with Crippen molar-refractivity contribution in [3.05, 3.63) is 0 Å². The molecular formula is C5H8O3. The summed E-state index contributed by atoms with van der Waals surface area (Å²) >= 11 is 0. The lowest BCUT2D eigenvalue weighted by Crippen LogP contribution is -2.12. The maximum Gasteiger partial charge on any atom is 0.374 e. The molecule has 0 aliphatic heterocycles. The van der Waals surface area contributed by atoms with Crippen molar-refractivity contribution in [2.24, 2.45) is 0 Å². The van der Waals surface area contributed by atoms with Crippen LogP contribution >= 0.6 is 0 Å². The molecule has 0 radical (unpaired) electrons. The predicted molar refractivity (Wildman–Crippen MR) is 27.3 cm³/mol. The molecule has 0 aromatic heterocycles. The number of hydrogen-bond acceptors (Lipinski definition) is 3. The number of ketones is 1. The molecule has 0 aliphatic carbocycles. The zero-order valence-electron chi connectivity index (χ0n) is 4.93. The molecule has 0 aromatic rings. The van der Waals surface area contributed by atoms with Gasteiger partial charge in [-0.3, -0.25) is 4.79 Å². The average molecular weight is 117 g/mol. The Labute approximate surface area is 47.6 Å². The van der Waals surface area contributed by atoms with Crippen LogP contribution in [0, 0.1) is 0 Å². The van der Waals surface area contributed by atoms with E-state index in [1.165, 1.54) is 6.92 Å². The molecule has 3 nitrogen and oxygen atoms in total. The van der Waals surface area contributed by atoms with Crippen molar-refractivity contribution >= 4 is 11.8 Å². The molecule has 0 rings (SSSR count).